The van der Waals surface area contributed by atoms with E-state index in [4.69, 9.17) is 0 Å². The van der Waals surface area contributed by atoms with E-state index in [-0.39, 0.29) is 0 Å². The highest BCUT2D eigenvalue weighted by Crippen LogP contribution is 2.27. The van der Waals surface area contributed by atoms with Gasteiger partial charge in [0.25, 0.3) is 0 Å². The summed E-state index contributed by atoms with van der Waals surface area (Å²) in [6.07, 6.45) is 7.20. The van der Waals surface area contributed by atoms with Gasteiger partial charge in [0.15, 0.2) is 0 Å². The van der Waals surface area contributed by atoms with Gasteiger partial charge in [-0.25, -0.2) is 0 Å². The minimum absolute atomic E-state index is 0.541. The van der Waals surface area contributed by atoms with Gasteiger partial charge in [0, 0.05) is 6.04 Å². The first kappa shape index (κ1) is 11.4. The van der Waals surface area contributed by atoms with Gasteiger partial charge in [-0.05, 0) is 37.9 Å². The molecule has 0 aromatic heterocycles. The van der Waals surface area contributed by atoms with Gasteiger partial charge in [0.2, 0.25) is 0 Å². The molecule has 2 rings (SSSR count). The standard InChI is InChI=1S/C15H21N/c1-2-9-15(14-10-5-3-6-11-14)16-12-7-4-8-13-16/h2-3,5-6,10-11,15H,1,4,7-9,12-13H2. The lowest BCUT2D eigenvalue weighted by atomic mass is 9.99. The van der Waals surface area contributed by atoms with Crippen molar-refractivity contribution in [1.82, 2.24) is 4.90 Å². The molecule has 1 aliphatic rings. The van der Waals surface area contributed by atoms with Crippen LogP contribution in [-0.4, -0.2) is 18.0 Å². The molecule has 0 spiro atoms. The highest BCUT2D eigenvalue weighted by molar-refractivity contribution is 5.19. The van der Waals surface area contributed by atoms with Crippen LogP contribution in [0.15, 0.2) is 43.0 Å². The normalized spacial score (nSPS) is 19.2. The summed E-state index contributed by atoms with van der Waals surface area (Å²) in [6.45, 7) is 6.38. The maximum atomic E-state index is 3.89. The molecule has 1 unspecified atom stereocenters. The Balaban J connectivity index is 2.12. The molecule has 1 aromatic rings. The third-order valence-corrected chi connectivity index (χ3v) is 3.41. The van der Waals surface area contributed by atoms with Gasteiger partial charge in [-0.1, -0.05) is 42.8 Å². The van der Waals surface area contributed by atoms with Crippen LogP contribution >= 0.6 is 0 Å². The molecule has 86 valence electrons. The number of hydrogen-bond donors (Lipinski definition) is 0. The van der Waals surface area contributed by atoms with Crippen LogP contribution < -0.4 is 0 Å². The molecule has 0 radical (unpaired) electrons. The summed E-state index contributed by atoms with van der Waals surface area (Å²) >= 11 is 0. The molecule has 1 saturated heterocycles. The number of piperidine rings is 1. The van der Waals surface area contributed by atoms with Crippen molar-refractivity contribution >= 4 is 0 Å². The van der Waals surface area contributed by atoms with Crippen molar-refractivity contribution < 1.29 is 0 Å². The van der Waals surface area contributed by atoms with Crippen LogP contribution in [0, 0.1) is 0 Å². The molecule has 0 N–H and O–H groups in total. The Morgan fingerprint density at radius 2 is 1.81 bits per heavy atom. The number of hydrogen-bond acceptors (Lipinski definition) is 1. The number of rotatable bonds is 4. The van der Waals surface area contributed by atoms with Crippen molar-refractivity contribution in [3.05, 3.63) is 48.6 Å². The summed E-state index contributed by atoms with van der Waals surface area (Å²) in [5.41, 5.74) is 1.43. The van der Waals surface area contributed by atoms with Gasteiger partial charge in [-0.15, -0.1) is 6.58 Å². The first-order chi connectivity index (χ1) is 7.92. The number of benzene rings is 1. The van der Waals surface area contributed by atoms with E-state index in [1.807, 2.05) is 6.08 Å². The molecule has 0 aliphatic carbocycles. The average molecular weight is 215 g/mol. The summed E-state index contributed by atoms with van der Waals surface area (Å²) in [5.74, 6) is 0. The molecule has 0 saturated carbocycles. The molecule has 1 aliphatic heterocycles. The second-order valence-electron chi connectivity index (χ2n) is 4.55. The van der Waals surface area contributed by atoms with Gasteiger partial charge < -0.3 is 0 Å². The maximum absolute atomic E-state index is 3.89. The van der Waals surface area contributed by atoms with Crippen molar-refractivity contribution in [2.75, 3.05) is 13.1 Å². The third kappa shape index (κ3) is 2.73. The lowest BCUT2D eigenvalue weighted by molar-refractivity contribution is 0.164. The van der Waals surface area contributed by atoms with E-state index in [1.54, 1.807) is 0 Å². The summed E-state index contributed by atoms with van der Waals surface area (Å²) < 4.78 is 0. The highest BCUT2D eigenvalue weighted by Gasteiger charge is 2.20. The zero-order valence-electron chi connectivity index (χ0n) is 9.94. The zero-order valence-corrected chi connectivity index (χ0v) is 9.94. The summed E-state index contributed by atoms with van der Waals surface area (Å²) in [5, 5.41) is 0. The Labute approximate surface area is 98.8 Å². The van der Waals surface area contributed by atoms with E-state index in [0.717, 1.165) is 6.42 Å². The molecular weight excluding hydrogens is 194 g/mol. The van der Waals surface area contributed by atoms with Gasteiger partial charge in [0.05, 0.1) is 0 Å². The predicted octanol–water partition coefficient (Wildman–Crippen LogP) is 3.79. The molecule has 1 heterocycles. The first-order valence-electron chi connectivity index (χ1n) is 6.31. The molecule has 1 aromatic carbocycles. The van der Waals surface area contributed by atoms with Crippen LogP contribution in [0.5, 0.6) is 0 Å². The molecule has 1 nitrogen and oxygen atoms in total. The Kier molecular flexibility index (Phi) is 4.17. The number of nitrogens with zero attached hydrogens (tertiary/aromatic N) is 1. The topological polar surface area (TPSA) is 3.24 Å². The Morgan fingerprint density at radius 3 is 2.44 bits per heavy atom. The molecule has 1 atom stereocenters. The van der Waals surface area contributed by atoms with Crippen molar-refractivity contribution in [3.8, 4) is 0 Å². The van der Waals surface area contributed by atoms with Crippen molar-refractivity contribution in [1.29, 1.82) is 0 Å². The third-order valence-electron chi connectivity index (χ3n) is 3.41. The molecular formula is C15H21N. The van der Waals surface area contributed by atoms with Gasteiger partial charge in [-0.3, -0.25) is 4.90 Å². The Hall–Kier alpha value is -1.08. The molecule has 1 fully saturated rings. The molecule has 16 heavy (non-hydrogen) atoms. The van der Waals surface area contributed by atoms with E-state index < -0.39 is 0 Å². The Morgan fingerprint density at radius 1 is 1.12 bits per heavy atom. The SMILES string of the molecule is C=CCC(c1ccccc1)N1CCCCC1. The van der Waals surface area contributed by atoms with E-state index in [2.05, 4.69) is 41.8 Å². The largest absolute Gasteiger partial charge is 0.296 e. The summed E-state index contributed by atoms with van der Waals surface area (Å²) in [7, 11) is 0. The monoisotopic (exact) mass is 215 g/mol. The van der Waals surface area contributed by atoms with Gasteiger partial charge in [0.1, 0.15) is 0 Å². The van der Waals surface area contributed by atoms with Crippen LogP contribution in [0.4, 0.5) is 0 Å². The van der Waals surface area contributed by atoms with E-state index in [9.17, 15) is 0 Å². The second-order valence-corrected chi connectivity index (χ2v) is 4.55. The lowest BCUT2D eigenvalue weighted by Gasteiger charge is -2.34. The van der Waals surface area contributed by atoms with E-state index in [0.29, 0.717) is 6.04 Å². The summed E-state index contributed by atoms with van der Waals surface area (Å²) in [4.78, 5) is 2.61. The fraction of sp³-hybridized carbons (Fsp3) is 0.467. The minimum Gasteiger partial charge on any atom is -0.296 e. The van der Waals surface area contributed by atoms with Crippen LogP contribution in [-0.2, 0) is 0 Å². The number of likely N-dealkylation sites (tertiary alicyclic amines) is 1. The fourth-order valence-corrected chi connectivity index (χ4v) is 2.56. The predicted molar refractivity (Wildman–Crippen MR) is 69.4 cm³/mol. The van der Waals surface area contributed by atoms with Crippen LogP contribution in [0.1, 0.15) is 37.3 Å². The van der Waals surface area contributed by atoms with Crippen LogP contribution in [0.3, 0.4) is 0 Å². The van der Waals surface area contributed by atoms with Crippen molar-refractivity contribution in [2.24, 2.45) is 0 Å². The van der Waals surface area contributed by atoms with Crippen LogP contribution in [0.2, 0.25) is 0 Å². The van der Waals surface area contributed by atoms with Crippen molar-refractivity contribution in [3.63, 3.8) is 0 Å². The van der Waals surface area contributed by atoms with Crippen LogP contribution in [0.25, 0.3) is 0 Å². The minimum atomic E-state index is 0.541. The maximum Gasteiger partial charge on any atom is 0.0382 e. The molecule has 0 bridgehead atoms. The first-order valence-corrected chi connectivity index (χ1v) is 6.31. The van der Waals surface area contributed by atoms with Crippen molar-refractivity contribution in [2.45, 2.75) is 31.7 Å². The van der Waals surface area contributed by atoms with E-state index in [1.165, 1.54) is 37.9 Å². The zero-order chi connectivity index (χ0) is 11.2. The molecule has 0 amide bonds. The second kappa shape index (κ2) is 5.86. The quantitative estimate of drug-likeness (QED) is 0.691. The highest BCUT2D eigenvalue weighted by atomic mass is 15.2. The van der Waals surface area contributed by atoms with E-state index >= 15 is 0 Å². The Bertz CT molecular complexity index is 311. The lowest BCUT2D eigenvalue weighted by Crippen LogP contribution is -2.33. The fourth-order valence-electron chi connectivity index (χ4n) is 2.56. The smallest absolute Gasteiger partial charge is 0.0382 e. The van der Waals surface area contributed by atoms with Gasteiger partial charge in [-0.2, -0.15) is 0 Å². The summed E-state index contributed by atoms with van der Waals surface area (Å²) in [6, 6.07) is 11.4. The average Bonchev–Trinajstić information content (AvgIpc) is 2.38. The molecule has 1 heteroatoms. The van der Waals surface area contributed by atoms with Gasteiger partial charge >= 0.3 is 0 Å².